The average molecular weight is 346 g/mol. The Balaban J connectivity index is 2.25. The van der Waals surface area contributed by atoms with E-state index >= 15 is 0 Å². The molecular formula is C15H12BrN3O2. The Kier molecular flexibility index (Phi) is 3.62. The van der Waals surface area contributed by atoms with Gasteiger partial charge in [-0.2, -0.15) is 0 Å². The largest absolute Gasteiger partial charge is 0.494 e. The molecular weight excluding hydrogens is 334 g/mol. The lowest BCUT2D eigenvalue weighted by molar-refractivity contribution is 0.412. The fraction of sp³-hybridized carbons (Fsp3) is 0.0667. The van der Waals surface area contributed by atoms with E-state index in [2.05, 4.69) is 26.1 Å². The molecule has 0 bridgehead atoms. The fourth-order valence-corrected chi connectivity index (χ4v) is 2.63. The molecule has 1 aromatic carbocycles. The Morgan fingerprint density at radius 2 is 2.00 bits per heavy atom. The number of pyridine rings is 1. The summed E-state index contributed by atoms with van der Waals surface area (Å²) in [5.74, 6) is 0.870. The van der Waals surface area contributed by atoms with Crippen LogP contribution in [0.2, 0.25) is 0 Å². The molecule has 0 amide bonds. The first-order valence-corrected chi connectivity index (χ1v) is 7.00. The average Bonchev–Trinajstić information content (AvgIpc) is 2.89. The van der Waals surface area contributed by atoms with Crippen LogP contribution < -0.4 is 10.5 Å². The first-order chi connectivity index (χ1) is 10.2. The number of hydrogen-bond acceptors (Lipinski definition) is 5. The first kappa shape index (κ1) is 13.6. The highest BCUT2D eigenvalue weighted by molar-refractivity contribution is 9.10. The van der Waals surface area contributed by atoms with E-state index in [4.69, 9.17) is 15.0 Å². The minimum Gasteiger partial charge on any atom is -0.494 e. The van der Waals surface area contributed by atoms with Crippen LogP contribution in [0.4, 0.5) is 5.88 Å². The molecule has 3 aromatic rings. The number of ether oxygens (including phenoxy) is 1. The van der Waals surface area contributed by atoms with E-state index in [1.807, 2.05) is 30.3 Å². The maximum Gasteiger partial charge on any atom is 0.230 e. The van der Waals surface area contributed by atoms with Gasteiger partial charge in [0.05, 0.1) is 18.9 Å². The number of nitrogens with two attached hydrogens (primary N) is 1. The first-order valence-electron chi connectivity index (χ1n) is 6.20. The van der Waals surface area contributed by atoms with Gasteiger partial charge in [-0.05, 0) is 12.1 Å². The summed E-state index contributed by atoms with van der Waals surface area (Å²) in [7, 11) is 1.59. The van der Waals surface area contributed by atoms with Gasteiger partial charge in [-0.25, -0.2) is 0 Å². The van der Waals surface area contributed by atoms with Crippen LogP contribution in [0.1, 0.15) is 0 Å². The maximum atomic E-state index is 5.96. The second-order valence-electron chi connectivity index (χ2n) is 4.33. The molecule has 2 aromatic heterocycles. The summed E-state index contributed by atoms with van der Waals surface area (Å²) >= 11 is 3.53. The zero-order chi connectivity index (χ0) is 14.8. The topological polar surface area (TPSA) is 74.2 Å². The van der Waals surface area contributed by atoms with Crippen molar-refractivity contribution in [2.75, 3.05) is 12.8 Å². The monoisotopic (exact) mass is 345 g/mol. The molecule has 2 heterocycles. The van der Waals surface area contributed by atoms with Crippen molar-refractivity contribution in [1.29, 1.82) is 0 Å². The highest BCUT2D eigenvalue weighted by Gasteiger charge is 2.21. The SMILES string of the molecule is COc1cnccc1-c1noc(N)c1-c1ccccc1Br. The number of halogens is 1. The summed E-state index contributed by atoms with van der Waals surface area (Å²) in [5.41, 5.74) is 9.00. The second-order valence-corrected chi connectivity index (χ2v) is 5.18. The lowest BCUT2D eigenvalue weighted by atomic mass is 10.0. The number of nitrogens with zero attached hydrogens (tertiary/aromatic N) is 2. The summed E-state index contributed by atoms with van der Waals surface area (Å²) in [6, 6.07) is 9.57. The second kappa shape index (κ2) is 5.57. The van der Waals surface area contributed by atoms with Crippen LogP contribution in [0.15, 0.2) is 51.7 Å². The number of methoxy groups -OCH3 is 1. The third-order valence-corrected chi connectivity index (χ3v) is 3.81. The molecule has 0 saturated carbocycles. The maximum absolute atomic E-state index is 5.96. The van der Waals surface area contributed by atoms with Crippen LogP contribution in [0, 0.1) is 0 Å². The van der Waals surface area contributed by atoms with Gasteiger partial charge >= 0.3 is 0 Å². The molecule has 0 aliphatic carbocycles. The minimum atomic E-state index is 0.260. The summed E-state index contributed by atoms with van der Waals surface area (Å²) in [6.07, 6.45) is 3.30. The van der Waals surface area contributed by atoms with E-state index in [1.165, 1.54) is 0 Å². The van der Waals surface area contributed by atoms with Crippen LogP contribution in [0.5, 0.6) is 5.75 Å². The van der Waals surface area contributed by atoms with Crippen molar-refractivity contribution < 1.29 is 9.26 Å². The lowest BCUT2D eigenvalue weighted by Gasteiger charge is -2.08. The number of anilines is 1. The van der Waals surface area contributed by atoms with E-state index in [0.717, 1.165) is 21.2 Å². The van der Waals surface area contributed by atoms with Gasteiger partial charge in [0.25, 0.3) is 0 Å². The van der Waals surface area contributed by atoms with Crippen molar-refractivity contribution in [3.8, 4) is 28.1 Å². The highest BCUT2D eigenvalue weighted by atomic mass is 79.9. The molecule has 106 valence electrons. The Morgan fingerprint density at radius 3 is 2.76 bits per heavy atom. The predicted octanol–water partition coefficient (Wildman–Crippen LogP) is 3.76. The lowest BCUT2D eigenvalue weighted by Crippen LogP contribution is -1.92. The molecule has 0 aliphatic rings. The Hall–Kier alpha value is -2.34. The molecule has 0 fully saturated rings. The van der Waals surface area contributed by atoms with Gasteiger partial charge in [0.15, 0.2) is 0 Å². The standard InChI is InChI=1S/C15H12BrN3O2/c1-20-12-8-18-7-6-10(12)14-13(15(17)21-19-14)9-4-2-3-5-11(9)16/h2-8H,17H2,1H3. The number of rotatable bonds is 3. The molecule has 0 radical (unpaired) electrons. The van der Waals surface area contributed by atoms with E-state index < -0.39 is 0 Å². The molecule has 5 nitrogen and oxygen atoms in total. The number of benzene rings is 1. The number of hydrogen-bond donors (Lipinski definition) is 1. The van der Waals surface area contributed by atoms with E-state index in [-0.39, 0.29) is 5.88 Å². The quantitative estimate of drug-likeness (QED) is 0.782. The normalized spacial score (nSPS) is 10.6. The van der Waals surface area contributed by atoms with Gasteiger partial charge in [0.1, 0.15) is 11.4 Å². The number of aromatic nitrogens is 2. The zero-order valence-electron chi connectivity index (χ0n) is 11.2. The van der Waals surface area contributed by atoms with Crippen LogP contribution >= 0.6 is 15.9 Å². The number of nitrogen functional groups attached to an aromatic ring is 1. The van der Waals surface area contributed by atoms with Gasteiger partial charge in [-0.1, -0.05) is 39.3 Å². The van der Waals surface area contributed by atoms with Crippen molar-refractivity contribution in [2.45, 2.75) is 0 Å². The fourth-order valence-electron chi connectivity index (χ4n) is 2.15. The molecule has 0 saturated heterocycles. The van der Waals surface area contributed by atoms with Gasteiger partial charge in [-0.15, -0.1) is 0 Å². The summed E-state index contributed by atoms with van der Waals surface area (Å²) in [5, 5.41) is 4.08. The van der Waals surface area contributed by atoms with Crippen LogP contribution in [0.25, 0.3) is 22.4 Å². The van der Waals surface area contributed by atoms with E-state index in [1.54, 1.807) is 19.5 Å². The van der Waals surface area contributed by atoms with Crippen molar-refractivity contribution >= 4 is 21.8 Å². The van der Waals surface area contributed by atoms with Gasteiger partial charge in [0, 0.05) is 21.8 Å². The Morgan fingerprint density at radius 1 is 1.19 bits per heavy atom. The molecule has 0 spiro atoms. The highest BCUT2D eigenvalue weighted by Crippen LogP contribution is 2.41. The Bertz CT molecular complexity index is 786. The molecule has 2 N–H and O–H groups in total. The van der Waals surface area contributed by atoms with Crippen molar-refractivity contribution in [3.05, 3.63) is 47.2 Å². The van der Waals surface area contributed by atoms with Gasteiger partial charge < -0.3 is 15.0 Å². The van der Waals surface area contributed by atoms with Crippen LogP contribution in [-0.2, 0) is 0 Å². The third-order valence-electron chi connectivity index (χ3n) is 3.12. The van der Waals surface area contributed by atoms with Crippen molar-refractivity contribution in [3.63, 3.8) is 0 Å². The third kappa shape index (κ3) is 2.38. The zero-order valence-corrected chi connectivity index (χ0v) is 12.8. The van der Waals surface area contributed by atoms with E-state index in [0.29, 0.717) is 11.4 Å². The molecule has 3 rings (SSSR count). The summed E-state index contributed by atoms with van der Waals surface area (Å²) < 4.78 is 11.4. The van der Waals surface area contributed by atoms with Gasteiger partial charge in [0.2, 0.25) is 5.88 Å². The minimum absolute atomic E-state index is 0.260. The smallest absolute Gasteiger partial charge is 0.230 e. The molecule has 0 atom stereocenters. The molecule has 0 unspecified atom stereocenters. The molecule has 21 heavy (non-hydrogen) atoms. The van der Waals surface area contributed by atoms with Gasteiger partial charge in [-0.3, -0.25) is 4.98 Å². The van der Waals surface area contributed by atoms with Crippen molar-refractivity contribution in [2.24, 2.45) is 0 Å². The summed E-state index contributed by atoms with van der Waals surface area (Å²) in [6.45, 7) is 0. The van der Waals surface area contributed by atoms with Crippen LogP contribution in [0.3, 0.4) is 0 Å². The summed E-state index contributed by atoms with van der Waals surface area (Å²) in [4.78, 5) is 4.04. The molecule has 0 aliphatic heterocycles. The predicted molar refractivity (Wildman–Crippen MR) is 83.8 cm³/mol. The Labute approximate surface area is 129 Å². The molecule has 6 heteroatoms. The van der Waals surface area contributed by atoms with E-state index in [9.17, 15) is 0 Å². The van der Waals surface area contributed by atoms with Crippen molar-refractivity contribution in [1.82, 2.24) is 10.1 Å². The van der Waals surface area contributed by atoms with Crippen LogP contribution in [-0.4, -0.2) is 17.3 Å².